The molecule has 0 radical (unpaired) electrons. The summed E-state index contributed by atoms with van der Waals surface area (Å²) in [5, 5.41) is 0. The fourth-order valence-electron chi connectivity index (χ4n) is 2.02. The zero-order valence-electron chi connectivity index (χ0n) is 5.89. The number of piperidine rings is 1. The third kappa shape index (κ3) is 0.651. The van der Waals surface area contributed by atoms with E-state index in [1.165, 1.54) is 13.1 Å². The van der Waals surface area contributed by atoms with Gasteiger partial charge in [0.1, 0.15) is 0 Å². The SMILES string of the molecule is CN1C[C@@H]2[C@H](C1)C2(C)Cl. The Bertz CT molecular complexity index is 130. The molecule has 0 bridgehead atoms. The minimum atomic E-state index is 0.173. The number of hydrogen-bond donors (Lipinski definition) is 0. The molecule has 2 aliphatic rings. The molecule has 2 heteroatoms. The Balaban J connectivity index is 2.06. The monoisotopic (exact) mass is 145 g/mol. The molecule has 0 aromatic carbocycles. The van der Waals surface area contributed by atoms with Crippen LogP contribution in [-0.4, -0.2) is 29.9 Å². The molecule has 1 aliphatic carbocycles. The van der Waals surface area contributed by atoms with Crippen LogP contribution < -0.4 is 0 Å². The van der Waals surface area contributed by atoms with Gasteiger partial charge in [0.25, 0.3) is 0 Å². The van der Waals surface area contributed by atoms with Gasteiger partial charge in [0.05, 0.1) is 4.87 Å². The first-order chi connectivity index (χ1) is 4.12. The Kier molecular flexibility index (Phi) is 0.970. The van der Waals surface area contributed by atoms with Gasteiger partial charge in [0.15, 0.2) is 0 Å². The first kappa shape index (κ1) is 5.99. The summed E-state index contributed by atoms with van der Waals surface area (Å²) in [6.45, 7) is 4.59. The van der Waals surface area contributed by atoms with E-state index in [-0.39, 0.29) is 4.87 Å². The second-order valence-electron chi connectivity index (χ2n) is 3.59. The second-order valence-corrected chi connectivity index (χ2v) is 4.40. The van der Waals surface area contributed by atoms with Crippen LogP contribution in [0.25, 0.3) is 0 Å². The van der Waals surface area contributed by atoms with Crippen LogP contribution in [0.5, 0.6) is 0 Å². The van der Waals surface area contributed by atoms with Crippen molar-refractivity contribution in [2.24, 2.45) is 11.8 Å². The average molecular weight is 146 g/mol. The first-order valence-electron chi connectivity index (χ1n) is 3.50. The Morgan fingerprint density at radius 1 is 1.44 bits per heavy atom. The Morgan fingerprint density at radius 3 is 2.22 bits per heavy atom. The number of alkyl halides is 1. The highest BCUT2D eigenvalue weighted by molar-refractivity contribution is 6.26. The van der Waals surface area contributed by atoms with Crippen LogP contribution in [0.3, 0.4) is 0 Å². The van der Waals surface area contributed by atoms with Gasteiger partial charge in [0.2, 0.25) is 0 Å². The molecule has 0 aromatic heterocycles. The Hall–Kier alpha value is 0.250. The van der Waals surface area contributed by atoms with Crippen molar-refractivity contribution in [1.82, 2.24) is 4.90 Å². The summed E-state index contributed by atoms with van der Waals surface area (Å²) in [7, 11) is 2.17. The highest BCUT2D eigenvalue weighted by Crippen LogP contribution is 2.59. The normalized spacial score (nSPS) is 57.7. The lowest BCUT2D eigenvalue weighted by molar-refractivity contribution is 0.357. The topological polar surface area (TPSA) is 3.24 Å². The van der Waals surface area contributed by atoms with E-state index in [0.29, 0.717) is 0 Å². The maximum atomic E-state index is 6.15. The van der Waals surface area contributed by atoms with Crippen LogP contribution in [0.2, 0.25) is 0 Å². The molecular formula is C7H12ClN. The molecular weight excluding hydrogens is 134 g/mol. The van der Waals surface area contributed by atoms with E-state index in [0.717, 1.165) is 11.8 Å². The lowest BCUT2D eigenvalue weighted by Gasteiger charge is -2.14. The van der Waals surface area contributed by atoms with Crippen LogP contribution in [0.15, 0.2) is 0 Å². The van der Waals surface area contributed by atoms with E-state index in [1.807, 2.05) is 0 Å². The van der Waals surface area contributed by atoms with Crippen molar-refractivity contribution in [2.75, 3.05) is 20.1 Å². The van der Waals surface area contributed by atoms with Crippen molar-refractivity contribution in [2.45, 2.75) is 11.8 Å². The molecule has 3 atom stereocenters. The number of fused-ring (bicyclic) bond motifs is 1. The van der Waals surface area contributed by atoms with Crippen molar-refractivity contribution in [3.05, 3.63) is 0 Å². The molecule has 0 N–H and O–H groups in total. The highest BCUT2D eigenvalue weighted by atomic mass is 35.5. The number of hydrogen-bond acceptors (Lipinski definition) is 1. The molecule has 1 heterocycles. The van der Waals surface area contributed by atoms with Crippen LogP contribution in [0.4, 0.5) is 0 Å². The largest absolute Gasteiger partial charge is 0.306 e. The molecule has 1 nitrogen and oxygen atoms in total. The van der Waals surface area contributed by atoms with Gasteiger partial charge in [-0.15, -0.1) is 11.6 Å². The molecule has 9 heavy (non-hydrogen) atoms. The third-order valence-electron chi connectivity index (χ3n) is 2.84. The fraction of sp³-hybridized carbons (Fsp3) is 1.00. The number of likely N-dealkylation sites (tertiary alicyclic amines) is 1. The van der Waals surface area contributed by atoms with Crippen molar-refractivity contribution >= 4 is 11.6 Å². The summed E-state index contributed by atoms with van der Waals surface area (Å²) >= 11 is 6.15. The first-order valence-corrected chi connectivity index (χ1v) is 3.87. The number of nitrogens with zero attached hydrogens (tertiary/aromatic N) is 1. The fourth-order valence-corrected chi connectivity index (χ4v) is 2.40. The highest BCUT2D eigenvalue weighted by Gasteiger charge is 2.63. The lowest BCUT2D eigenvalue weighted by atomic mass is 10.3. The summed E-state index contributed by atoms with van der Waals surface area (Å²) in [5.74, 6) is 1.59. The van der Waals surface area contributed by atoms with Gasteiger partial charge in [-0.05, 0) is 25.8 Å². The van der Waals surface area contributed by atoms with E-state index >= 15 is 0 Å². The van der Waals surface area contributed by atoms with E-state index in [4.69, 9.17) is 11.6 Å². The zero-order valence-corrected chi connectivity index (χ0v) is 6.65. The van der Waals surface area contributed by atoms with Crippen LogP contribution in [0, 0.1) is 11.8 Å². The standard InChI is InChI=1S/C7H12ClN/c1-7(8)5-3-9(2)4-6(5)7/h5-6H,3-4H2,1-2H3/t5-,6+,7?. The summed E-state index contributed by atoms with van der Waals surface area (Å²) < 4.78 is 0. The lowest BCUT2D eigenvalue weighted by Crippen LogP contribution is -2.23. The molecule has 1 unspecified atom stereocenters. The maximum absolute atomic E-state index is 6.15. The van der Waals surface area contributed by atoms with Gasteiger partial charge < -0.3 is 4.90 Å². The van der Waals surface area contributed by atoms with E-state index in [1.54, 1.807) is 0 Å². The minimum Gasteiger partial charge on any atom is -0.306 e. The van der Waals surface area contributed by atoms with Crippen molar-refractivity contribution in [3.63, 3.8) is 0 Å². The van der Waals surface area contributed by atoms with Crippen molar-refractivity contribution in [3.8, 4) is 0 Å². The Labute approximate surface area is 61.0 Å². The average Bonchev–Trinajstić information content (AvgIpc) is 2.27. The molecule has 2 rings (SSSR count). The predicted molar refractivity (Wildman–Crippen MR) is 38.7 cm³/mol. The van der Waals surface area contributed by atoms with Gasteiger partial charge in [-0.25, -0.2) is 0 Å². The smallest absolute Gasteiger partial charge is 0.0506 e. The van der Waals surface area contributed by atoms with Crippen LogP contribution in [-0.2, 0) is 0 Å². The minimum absolute atomic E-state index is 0.173. The molecule has 0 spiro atoms. The third-order valence-corrected chi connectivity index (χ3v) is 3.40. The molecule has 0 amide bonds. The molecule has 52 valence electrons. The Morgan fingerprint density at radius 2 is 1.89 bits per heavy atom. The molecule has 1 saturated heterocycles. The summed E-state index contributed by atoms with van der Waals surface area (Å²) in [5.41, 5.74) is 0. The molecule has 1 saturated carbocycles. The molecule has 0 aromatic rings. The zero-order chi connectivity index (χ0) is 6.65. The van der Waals surface area contributed by atoms with Crippen LogP contribution in [0.1, 0.15) is 6.92 Å². The second kappa shape index (κ2) is 1.46. The van der Waals surface area contributed by atoms with Gasteiger partial charge in [-0.2, -0.15) is 0 Å². The number of rotatable bonds is 0. The van der Waals surface area contributed by atoms with Crippen molar-refractivity contribution < 1.29 is 0 Å². The van der Waals surface area contributed by atoms with E-state index < -0.39 is 0 Å². The van der Waals surface area contributed by atoms with E-state index in [9.17, 15) is 0 Å². The van der Waals surface area contributed by atoms with Gasteiger partial charge in [-0.1, -0.05) is 0 Å². The van der Waals surface area contributed by atoms with Gasteiger partial charge >= 0.3 is 0 Å². The van der Waals surface area contributed by atoms with Gasteiger partial charge in [-0.3, -0.25) is 0 Å². The predicted octanol–water partition coefficient (Wildman–Crippen LogP) is 1.18. The van der Waals surface area contributed by atoms with Crippen molar-refractivity contribution in [1.29, 1.82) is 0 Å². The quantitative estimate of drug-likeness (QED) is 0.463. The summed E-state index contributed by atoms with van der Waals surface area (Å²) in [6.07, 6.45) is 0. The summed E-state index contributed by atoms with van der Waals surface area (Å²) in [4.78, 5) is 2.53. The van der Waals surface area contributed by atoms with E-state index in [2.05, 4.69) is 18.9 Å². The maximum Gasteiger partial charge on any atom is 0.0506 e. The molecule has 2 fully saturated rings. The summed E-state index contributed by atoms with van der Waals surface area (Å²) in [6, 6.07) is 0. The van der Waals surface area contributed by atoms with Crippen LogP contribution >= 0.6 is 11.6 Å². The number of halogens is 1. The van der Waals surface area contributed by atoms with Gasteiger partial charge in [0, 0.05) is 13.1 Å². The molecule has 1 aliphatic heterocycles.